The number of aryl methyl sites for hydroxylation is 10. The first-order valence-corrected chi connectivity index (χ1v) is 43.4. The van der Waals surface area contributed by atoms with Crippen LogP contribution in [0.1, 0.15) is 139 Å². The standard InChI is InChI=1S/C15H16ClFN2O.C15H17ClFNO.C14H15ClFNOS.C13H19FN2O.C13H19FN2.C13H18FNO.C12H17FN2O2/c16-13-11-12(5-6-14(13)20-10-7-17)3-1-4-15-18-8-2-9-19-15;16-14-11-12(6-7-15(14)19-10-8-17)3-1-4-13-5-2-9-18-13;15-12-10-11(4-5-13(12)18-8-6-16)2-1-3-14-17-7-9-19-14;1-10-9-11(3-2-4-13(15)16)5-6-12(10)17-8-7-14;14-10-2-4-12-8-6-11(7-9-12)3-1-5-13(15)16;1-11(15)3-2-4-12-5-7-13(8-6-12)16-10-9-14;1-10(14)15-7-9-17-12-4-2-11(3-5-12)16-8-6-13/h2,5-6,8-9,11H,1,3-4,7,10H2;2,6-7,9,11H,1,3-5,8,10H2;4-5,7,9-10H,1-3,6,8H2;5-6,9H,2-4,7-8H2,1H3,(H3,15,16);6-9H,1-5,10H2,(H3,15,16);5-8H,1-4,9-10,15H2;2-5H,6-9H2,1H3,(H2,14,15). The van der Waals surface area contributed by atoms with Crippen LogP contribution in [0.15, 0.2) is 210 Å². The van der Waals surface area contributed by atoms with E-state index in [2.05, 4.69) is 61.9 Å². The number of nitrogens with zero attached hydrogens (tertiary/aromatic N) is 5. The minimum absolute atomic E-state index is 0.0322. The molecule has 674 valence electrons. The molecular weight excluding hydrogens is 1680 g/mol. The zero-order valence-corrected chi connectivity index (χ0v) is 74.2. The van der Waals surface area contributed by atoms with Gasteiger partial charge < -0.3 is 56.1 Å². The van der Waals surface area contributed by atoms with E-state index in [1.165, 1.54) is 33.5 Å². The molecule has 0 atom stereocenters. The highest BCUT2D eigenvalue weighted by Crippen LogP contribution is 2.30. The van der Waals surface area contributed by atoms with Crippen LogP contribution >= 0.6 is 46.1 Å². The van der Waals surface area contributed by atoms with E-state index in [0.29, 0.717) is 82.1 Å². The molecule has 0 amide bonds. The smallest absolute Gasteiger partial charge is 0.138 e. The second-order valence-corrected chi connectivity index (χ2v) is 30.1. The molecule has 1 aliphatic rings. The SMILES string of the molecule is C=C(N)CCCc1ccc(OCCF)cc1.CC(N)=NCCOc1ccc(OCCF)cc1.Cc1cc(CCCC(=N)N)ccc1OCCF.FCCOc1ccc(CCCC2=NC=CC2)cc1Cl.FCCOc1ccc(CCCc2ncccn2)cc1Cl.FCCOc1ccc(CCCc2nccs2)cc1Cl.N=C(N)CCCc1ccc(CCCF)cc1. The molecule has 0 radical (unpaired) electrons. The van der Waals surface area contributed by atoms with Crippen molar-refractivity contribution < 1.29 is 63.9 Å². The fourth-order valence-electron chi connectivity index (χ4n) is 11.6. The van der Waals surface area contributed by atoms with E-state index in [9.17, 15) is 30.7 Å². The third-order valence-electron chi connectivity index (χ3n) is 17.6. The molecule has 0 saturated heterocycles. The number of amidine groups is 3. The summed E-state index contributed by atoms with van der Waals surface area (Å²) in [5, 5.41) is 19.0. The number of hydrogen-bond donors (Lipinski definition) is 6. The van der Waals surface area contributed by atoms with Gasteiger partial charge >= 0.3 is 0 Å². The highest BCUT2D eigenvalue weighted by atomic mass is 35.5. The summed E-state index contributed by atoms with van der Waals surface area (Å²) in [5.41, 5.74) is 32.7. The van der Waals surface area contributed by atoms with Crippen molar-refractivity contribution in [2.75, 3.05) is 99.5 Å². The summed E-state index contributed by atoms with van der Waals surface area (Å²) in [6.07, 6.45) is 28.1. The molecule has 18 nitrogen and oxygen atoms in total. The maximum absolute atomic E-state index is 12.0. The van der Waals surface area contributed by atoms with Gasteiger partial charge in [-0.1, -0.05) is 114 Å². The Labute approximate surface area is 746 Å². The van der Waals surface area contributed by atoms with Crippen molar-refractivity contribution >= 4 is 69.4 Å². The molecular formula is C95H121Cl3F7N11O7S. The van der Waals surface area contributed by atoms with Crippen LogP contribution in [0.3, 0.4) is 0 Å². The van der Waals surface area contributed by atoms with Crippen molar-refractivity contribution in [3.63, 3.8) is 0 Å². The average molecular weight is 1800 g/mol. The zero-order valence-electron chi connectivity index (χ0n) is 71.2. The molecule has 29 heteroatoms. The maximum Gasteiger partial charge on any atom is 0.138 e. The average Bonchev–Trinajstić information content (AvgIpc) is 1.10. The molecule has 0 spiro atoms. The molecule has 9 aromatic rings. The number of aliphatic imine (C=N–C) groups is 2. The van der Waals surface area contributed by atoms with E-state index >= 15 is 0 Å². The van der Waals surface area contributed by atoms with Crippen LogP contribution in [-0.4, -0.2) is 138 Å². The van der Waals surface area contributed by atoms with Gasteiger partial charge in [0.2, 0.25) is 0 Å². The molecule has 0 unspecified atom stereocenters. The lowest BCUT2D eigenvalue weighted by molar-refractivity contribution is 0.272. The van der Waals surface area contributed by atoms with Gasteiger partial charge in [0.25, 0.3) is 0 Å². The zero-order chi connectivity index (χ0) is 90.0. The van der Waals surface area contributed by atoms with Crippen molar-refractivity contribution in [2.24, 2.45) is 32.9 Å². The summed E-state index contributed by atoms with van der Waals surface area (Å²) >= 11 is 19.9. The molecule has 0 fully saturated rings. The second-order valence-electron chi connectivity index (χ2n) is 27.9. The quantitative estimate of drug-likeness (QED) is 0.00895. The minimum atomic E-state index is -0.519. The van der Waals surface area contributed by atoms with Gasteiger partial charge in [0, 0.05) is 67.3 Å². The van der Waals surface area contributed by atoms with Crippen molar-refractivity contribution in [3.05, 3.63) is 271 Å². The number of halogens is 10. The number of rotatable bonds is 49. The van der Waals surface area contributed by atoms with Gasteiger partial charge in [-0.25, -0.2) is 41.3 Å². The molecule has 2 aromatic heterocycles. The predicted octanol–water partition coefficient (Wildman–Crippen LogP) is 22.4. The number of allylic oxidation sites excluding steroid dienone is 2. The lowest BCUT2D eigenvalue weighted by Crippen LogP contribution is -2.09. The van der Waals surface area contributed by atoms with Crippen LogP contribution < -0.4 is 56.1 Å². The maximum atomic E-state index is 12.0. The Balaban J connectivity index is 0.000000304. The third-order valence-corrected chi connectivity index (χ3v) is 19.3. The third kappa shape index (κ3) is 50.4. The summed E-state index contributed by atoms with van der Waals surface area (Å²) in [6.45, 7) is 5.55. The molecule has 3 heterocycles. The largest absolute Gasteiger partial charge is 0.492 e. The summed E-state index contributed by atoms with van der Waals surface area (Å²) in [7, 11) is 0. The Morgan fingerprint density at radius 3 is 1.19 bits per heavy atom. The van der Waals surface area contributed by atoms with Crippen LogP contribution in [0.2, 0.25) is 15.1 Å². The Kier molecular flexibility index (Phi) is 57.3. The van der Waals surface area contributed by atoms with Gasteiger partial charge in [-0.2, -0.15) is 0 Å². The highest BCUT2D eigenvalue weighted by Gasteiger charge is 2.11. The summed E-state index contributed by atoms with van der Waals surface area (Å²) in [4.78, 5) is 20.9. The number of aromatic nitrogens is 3. The van der Waals surface area contributed by atoms with Gasteiger partial charge in [-0.05, 0) is 252 Å². The molecule has 0 bridgehead atoms. The van der Waals surface area contributed by atoms with Crippen molar-refractivity contribution in [1.29, 1.82) is 10.8 Å². The molecule has 0 saturated carbocycles. The Morgan fingerprint density at radius 2 is 0.790 bits per heavy atom. The topological polar surface area (TPSA) is 280 Å². The van der Waals surface area contributed by atoms with Crippen LogP contribution in [-0.2, 0) is 57.8 Å². The normalized spacial score (nSPS) is 11.0. The Bertz CT molecular complexity index is 4400. The van der Waals surface area contributed by atoms with E-state index in [-0.39, 0.29) is 58.0 Å². The Morgan fingerprint density at radius 1 is 0.419 bits per heavy atom. The fourth-order valence-corrected chi connectivity index (χ4v) is 13.0. The van der Waals surface area contributed by atoms with E-state index in [1.807, 2.05) is 110 Å². The molecule has 10 N–H and O–H groups in total. The van der Waals surface area contributed by atoms with E-state index in [4.69, 9.17) is 102 Å². The number of thiazole rings is 1. The molecule has 10 rings (SSSR count). The van der Waals surface area contributed by atoms with Crippen LogP contribution in [0, 0.1) is 17.7 Å². The van der Waals surface area contributed by atoms with Crippen LogP contribution in [0.5, 0.6) is 40.2 Å². The van der Waals surface area contributed by atoms with E-state index in [1.54, 1.807) is 73.1 Å². The predicted molar refractivity (Wildman–Crippen MR) is 494 cm³/mol. The van der Waals surface area contributed by atoms with E-state index < -0.39 is 40.0 Å². The van der Waals surface area contributed by atoms with E-state index in [0.717, 1.165) is 160 Å². The number of nitrogens with one attached hydrogen (secondary N) is 2. The number of ether oxygens (including phenoxy) is 7. The molecule has 7 aromatic carbocycles. The Hall–Kier alpha value is -10.4. The first-order chi connectivity index (χ1) is 60.2. The first-order valence-electron chi connectivity index (χ1n) is 41.4. The summed E-state index contributed by atoms with van der Waals surface area (Å²) < 4.78 is 120. The van der Waals surface area contributed by atoms with Gasteiger partial charge in [0.15, 0.2) is 0 Å². The number of benzene rings is 7. The lowest BCUT2D eigenvalue weighted by atomic mass is 10.0. The number of nitrogens with two attached hydrogens (primary N) is 4. The van der Waals surface area contributed by atoms with Gasteiger partial charge in [0.05, 0.1) is 50.8 Å². The summed E-state index contributed by atoms with van der Waals surface area (Å²) in [5.74, 6) is 6.29. The van der Waals surface area contributed by atoms with Crippen LogP contribution in [0.4, 0.5) is 30.7 Å². The summed E-state index contributed by atoms with van der Waals surface area (Å²) in [6, 6.07) is 47.6. The number of alkyl halides is 7. The van der Waals surface area contributed by atoms with Gasteiger partial charge in [-0.15, -0.1) is 11.3 Å². The second kappa shape index (κ2) is 67.1. The lowest BCUT2D eigenvalue weighted by Gasteiger charge is -2.09. The van der Waals surface area contributed by atoms with Crippen LogP contribution in [0.25, 0.3) is 0 Å². The van der Waals surface area contributed by atoms with Crippen molar-refractivity contribution in [1.82, 2.24) is 15.0 Å². The van der Waals surface area contributed by atoms with Crippen molar-refractivity contribution in [3.8, 4) is 40.2 Å². The molecule has 0 aliphatic carbocycles. The number of hydrogen-bond acceptors (Lipinski definition) is 16. The highest BCUT2D eigenvalue weighted by molar-refractivity contribution is 7.09. The molecule has 124 heavy (non-hydrogen) atoms. The van der Waals surface area contributed by atoms with Gasteiger partial charge in [-0.3, -0.25) is 25.2 Å². The van der Waals surface area contributed by atoms with Crippen molar-refractivity contribution in [2.45, 2.75) is 149 Å². The van der Waals surface area contributed by atoms with Gasteiger partial charge in [0.1, 0.15) is 132 Å². The first kappa shape index (κ1) is 106. The molecule has 1 aliphatic heterocycles. The fraction of sp³-hybridized carbons (Fsp3) is 0.400. The minimum Gasteiger partial charge on any atom is -0.492 e. The monoisotopic (exact) mass is 1800 g/mol.